The number of rotatable bonds is 3. The lowest BCUT2D eigenvalue weighted by Crippen LogP contribution is -1.86. The largest absolute Gasteiger partial charge is 0.179 e. The normalized spacial score (nSPS) is 16.5. The van der Waals surface area contributed by atoms with Crippen molar-refractivity contribution in [2.24, 2.45) is 0 Å². The molecule has 0 saturated carbocycles. The third-order valence-corrected chi connectivity index (χ3v) is 4.56. The van der Waals surface area contributed by atoms with Crippen molar-refractivity contribution in [2.45, 2.75) is 25.7 Å². The summed E-state index contributed by atoms with van der Waals surface area (Å²) < 4.78 is 0. The fraction of sp³-hybridized carbons (Fsp3) is 1.00. The van der Waals surface area contributed by atoms with Gasteiger partial charge in [-0.1, -0.05) is 21.6 Å². The molecule has 0 N–H and O–H groups in total. The summed E-state index contributed by atoms with van der Waals surface area (Å²) in [5, 5.41) is 0. The van der Waals surface area contributed by atoms with Crippen LogP contribution in [0.5, 0.6) is 0 Å². The Morgan fingerprint density at radius 2 is 1.25 bits per heavy atom. The summed E-state index contributed by atoms with van der Waals surface area (Å²) in [5.41, 5.74) is 0. The van der Waals surface area contributed by atoms with Crippen molar-refractivity contribution in [1.29, 1.82) is 0 Å². The smallest absolute Gasteiger partial charge is 0.00372 e. The van der Waals surface area contributed by atoms with Gasteiger partial charge in [-0.3, -0.25) is 0 Å². The lowest BCUT2D eigenvalue weighted by Gasteiger charge is -2.04. The number of thiol groups is 2. The molecule has 0 aromatic carbocycles. The third kappa shape index (κ3) is 11.4. The molecule has 1 rings (SSSR count). The Labute approximate surface area is 95.3 Å². The fourth-order valence-electron chi connectivity index (χ4n) is 0.663. The minimum Gasteiger partial charge on any atom is -0.179 e. The van der Waals surface area contributed by atoms with Gasteiger partial charge in [0.2, 0.25) is 0 Å². The molecule has 0 spiro atoms. The van der Waals surface area contributed by atoms with Crippen molar-refractivity contribution < 1.29 is 0 Å². The van der Waals surface area contributed by atoms with E-state index in [1.54, 1.807) is 0 Å². The molecule has 0 radical (unpaired) electrons. The summed E-state index contributed by atoms with van der Waals surface area (Å²) in [5.74, 6) is 4.76. The first-order valence-corrected chi connectivity index (χ1v) is 8.13. The summed E-state index contributed by atoms with van der Waals surface area (Å²) in [6, 6.07) is 0. The molecule has 1 saturated heterocycles. The summed E-state index contributed by atoms with van der Waals surface area (Å²) >= 11 is 8.04. The summed E-state index contributed by atoms with van der Waals surface area (Å²) in [7, 11) is 4.02. The zero-order valence-corrected chi connectivity index (χ0v) is 10.8. The van der Waals surface area contributed by atoms with E-state index in [0.29, 0.717) is 0 Å². The molecule has 0 atom stereocenters. The number of hydrogen-bond acceptors (Lipinski definition) is 4. The van der Waals surface area contributed by atoms with Crippen LogP contribution in [0.15, 0.2) is 0 Å². The maximum atomic E-state index is 4.02. The van der Waals surface area contributed by atoms with Crippen molar-refractivity contribution in [3.8, 4) is 0 Å². The molecule has 1 aliphatic rings. The molecule has 0 amide bonds. The van der Waals surface area contributed by atoms with Crippen LogP contribution in [-0.2, 0) is 0 Å². The van der Waals surface area contributed by atoms with Crippen LogP contribution >= 0.6 is 46.8 Å². The van der Waals surface area contributed by atoms with E-state index in [1.807, 2.05) is 21.6 Å². The van der Waals surface area contributed by atoms with E-state index in [2.05, 4.69) is 25.3 Å². The quantitative estimate of drug-likeness (QED) is 0.439. The first kappa shape index (κ1) is 13.4. The minimum atomic E-state index is 1.00. The number of hydrogen-bond donors (Lipinski definition) is 2. The van der Waals surface area contributed by atoms with Gasteiger partial charge in [0, 0.05) is 11.5 Å². The highest BCUT2D eigenvalue weighted by molar-refractivity contribution is 8.76. The van der Waals surface area contributed by atoms with Gasteiger partial charge in [-0.2, -0.15) is 25.3 Å². The van der Waals surface area contributed by atoms with Gasteiger partial charge in [-0.25, -0.2) is 0 Å². The molecule has 1 heterocycles. The zero-order chi connectivity index (χ0) is 9.07. The van der Waals surface area contributed by atoms with Crippen LogP contribution in [0.2, 0.25) is 0 Å². The highest BCUT2D eigenvalue weighted by Gasteiger charge is 1.96. The van der Waals surface area contributed by atoms with Crippen LogP contribution in [0.1, 0.15) is 25.7 Å². The third-order valence-electron chi connectivity index (χ3n) is 1.35. The van der Waals surface area contributed by atoms with Crippen LogP contribution in [-0.4, -0.2) is 23.0 Å². The van der Waals surface area contributed by atoms with E-state index in [-0.39, 0.29) is 0 Å². The monoisotopic (exact) mass is 242 g/mol. The molecule has 1 aliphatic heterocycles. The number of unbranched alkanes of at least 4 members (excludes halogenated alkanes) is 1. The second-order valence-corrected chi connectivity index (χ2v) is 6.10. The standard InChI is InChI=1S/C4H8S2.C4H10S2/c1-2-4-6-5-3-1;5-3-1-2-4-6/h1-4H2;5-6H,1-4H2. The maximum absolute atomic E-state index is 4.02. The van der Waals surface area contributed by atoms with Crippen LogP contribution in [0.3, 0.4) is 0 Å². The van der Waals surface area contributed by atoms with E-state index in [9.17, 15) is 0 Å². The Hall–Kier alpha value is 1.40. The predicted octanol–water partition coefficient (Wildman–Crippen LogP) is 3.79. The molecule has 0 unspecified atom stereocenters. The zero-order valence-electron chi connectivity index (χ0n) is 7.37. The Kier molecular flexibility index (Phi) is 13.8. The Morgan fingerprint density at radius 3 is 1.42 bits per heavy atom. The average Bonchev–Trinajstić information content (AvgIpc) is 2.18. The van der Waals surface area contributed by atoms with Crippen molar-refractivity contribution >= 4 is 46.8 Å². The molecule has 4 heteroatoms. The highest BCUT2D eigenvalue weighted by Crippen LogP contribution is 2.28. The van der Waals surface area contributed by atoms with Crippen molar-refractivity contribution in [1.82, 2.24) is 0 Å². The Bertz CT molecular complexity index is 57.9. The Balaban J connectivity index is 0.000000202. The molecule has 0 aromatic rings. The van der Waals surface area contributed by atoms with Gasteiger partial charge in [0.15, 0.2) is 0 Å². The van der Waals surface area contributed by atoms with Gasteiger partial charge in [0.05, 0.1) is 0 Å². The van der Waals surface area contributed by atoms with Gasteiger partial charge < -0.3 is 0 Å². The van der Waals surface area contributed by atoms with E-state index in [4.69, 9.17) is 0 Å². The fourth-order valence-corrected chi connectivity index (χ4v) is 3.40. The summed E-state index contributed by atoms with van der Waals surface area (Å²) in [6.45, 7) is 0. The average molecular weight is 242 g/mol. The molecule has 0 aromatic heterocycles. The van der Waals surface area contributed by atoms with E-state index in [0.717, 1.165) is 11.5 Å². The molecule has 0 aliphatic carbocycles. The van der Waals surface area contributed by atoms with Gasteiger partial charge in [-0.15, -0.1) is 0 Å². The van der Waals surface area contributed by atoms with E-state index >= 15 is 0 Å². The topological polar surface area (TPSA) is 0 Å². The minimum absolute atomic E-state index is 1.00. The van der Waals surface area contributed by atoms with Gasteiger partial charge >= 0.3 is 0 Å². The SMILES string of the molecule is C1CCSSC1.SCCCCS. The van der Waals surface area contributed by atoms with Crippen molar-refractivity contribution in [2.75, 3.05) is 23.0 Å². The lowest BCUT2D eigenvalue weighted by atomic mass is 10.4. The van der Waals surface area contributed by atoms with Crippen LogP contribution in [0.4, 0.5) is 0 Å². The Morgan fingerprint density at radius 1 is 0.833 bits per heavy atom. The van der Waals surface area contributed by atoms with Crippen LogP contribution < -0.4 is 0 Å². The maximum Gasteiger partial charge on any atom is 0.00372 e. The van der Waals surface area contributed by atoms with E-state index < -0.39 is 0 Å². The van der Waals surface area contributed by atoms with E-state index in [1.165, 1.54) is 37.2 Å². The van der Waals surface area contributed by atoms with Crippen LogP contribution in [0, 0.1) is 0 Å². The molecule has 0 nitrogen and oxygen atoms in total. The predicted molar refractivity (Wildman–Crippen MR) is 71.1 cm³/mol. The van der Waals surface area contributed by atoms with Crippen molar-refractivity contribution in [3.05, 3.63) is 0 Å². The molecular weight excluding hydrogens is 224 g/mol. The van der Waals surface area contributed by atoms with Crippen molar-refractivity contribution in [3.63, 3.8) is 0 Å². The van der Waals surface area contributed by atoms with Gasteiger partial charge in [-0.05, 0) is 37.2 Å². The van der Waals surface area contributed by atoms with Crippen LogP contribution in [0.25, 0.3) is 0 Å². The molecule has 74 valence electrons. The van der Waals surface area contributed by atoms with Gasteiger partial charge in [0.25, 0.3) is 0 Å². The first-order valence-electron chi connectivity index (χ1n) is 4.38. The lowest BCUT2D eigenvalue weighted by molar-refractivity contribution is 0.906. The van der Waals surface area contributed by atoms with Gasteiger partial charge in [0.1, 0.15) is 0 Å². The molecule has 1 fully saturated rings. The summed E-state index contributed by atoms with van der Waals surface area (Å²) in [4.78, 5) is 0. The highest BCUT2D eigenvalue weighted by atomic mass is 33.1. The molecule has 0 bridgehead atoms. The second kappa shape index (κ2) is 12.4. The summed E-state index contributed by atoms with van der Waals surface area (Å²) in [6.07, 6.45) is 5.29. The second-order valence-electron chi connectivity index (χ2n) is 2.51. The molecular formula is C8H18S4. The first-order chi connectivity index (χ1) is 5.91. The molecule has 12 heavy (non-hydrogen) atoms.